The molecule has 1 N–H and O–H groups in total. The summed E-state index contributed by atoms with van der Waals surface area (Å²) >= 11 is 0. The fourth-order valence-corrected chi connectivity index (χ4v) is 2.73. The van der Waals surface area contributed by atoms with Crippen LogP contribution in [0.5, 0.6) is 5.75 Å². The molecule has 2 aromatic carbocycles. The van der Waals surface area contributed by atoms with Gasteiger partial charge in [-0.2, -0.15) is 0 Å². The zero-order valence-corrected chi connectivity index (χ0v) is 14.3. The molecule has 0 radical (unpaired) electrons. The van der Waals surface area contributed by atoms with Gasteiger partial charge in [0, 0.05) is 30.1 Å². The topological polar surface area (TPSA) is 56.1 Å². The number of para-hydroxylation sites is 1. The van der Waals surface area contributed by atoms with E-state index in [-0.39, 0.29) is 11.9 Å². The minimum absolute atomic E-state index is 0.104. The summed E-state index contributed by atoms with van der Waals surface area (Å²) in [5, 5.41) is 3.02. The number of ether oxygens (including phenoxy) is 1. The quantitative estimate of drug-likeness (QED) is 0.751. The molecule has 1 aromatic heterocycles. The molecule has 0 saturated carbocycles. The second kappa shape index (κ2) is 7.66. The molecule has 0 bridgehead atoms. The molecule has 25 heavy (non-hydrogen) atoms. The molecule has 1 atom stereocenters. The lowest BCUT2D eigenvalue weighted by molar-refractivity contribution is 0.0939. The highest BCUT2D eigenvalue weighted by Gasteiger charge is 2.14. The Bertz CT molecular complexity index is 826. The summed E-state index contributed by atoms with van der Waals surface area (Å²) < 4.78 is 7.35. The summed E-state index contributed by atoms with van der Waals surface area (Å²) in [4.78, 5) is 16.5. The van der Waals surface area contributed by atoms with E-state index in [2.05, 4.69) is 10.3 Å². The number of rotatable bonds is 6. The zero-order chi connectivity index (χ0) is 17.6. The van der Waals surface area contributed by atoms with Gasteiger partial charge in [0.1, 0.15) is 5.75 Å². The molecule has 0 saturated heterocycles. The van der Waals surface area contributed by atoms with Gasteiger partial charge < -0.3 is 14.6 Å². The average Bonchev–Trinajstić information content (AvgIpc) is 3.15. The maximum absolute atomic E-state index is 12.5. The van der Waals surface area contributed by atoms with Crippen LogP contribution in [0.4, 0.5) is 0 Å². The second-order valence-electron chi connectivity index (χ2n) is 5.87. The van der Waals surface area contributed by atoms with Crippen LogP contribution in [0.3, 0.4) is 0 Å². The van der Waals surface area contributed by atoms with E-state index in [1.54, 1.807) is 19.6 Å². The van der Waals surface area contributed by atoms with Gasteiger partial charge in [-0.05, 0) is 30.7 Å². The van der Waals surface area contributed by atoms with Gasteiger partial charge in [-0.1, -0.05) is 30.3 Å². The van der Waals surface area contributed by atoms with Crippen molar-refractivity contribution in [3.63, 3.8) is 0 Å². The van der Waals surface area contributed by atoms with Crippen molar-refractivity contribution in [2.75, 3.05) is 7.11 Å². The van der Waals surface area contributed by atoms with E-state index in [9.17, 15) is 4.79 Å². The maximum atomic E-state index is 12.5. The van der Waals surface area contributed by atoms with Gasteiger partial charge >= 0.3 is 0 Å². The van der Waals surface area contributed by atoms with E-state index in [4.69, 9.17) is 4.74 Å². The predicted octanol–water partition coefficient (Wildman–Crippen LogP) is 3.43. The molecule has 1 heterocycles. The standard InChI is InChI=1S/C20H21N3O2/c1-15(18-5-3-4-6-19(18)25-2)22-20(24)17-9-7-16(8-10-17)13-23-12-11-21-14-23/h3-12,14-15H,13H2,1-2H3,(H,22,24)/t15-/m0/s1. The van der Waals surface area contributed by atoms with Crippen LogP contribution >= 0.6 is 0 Å². The maximum Gasteiger partial charge on any atom is 0.251 e. The van der Waals surface area contributed by atoms with E-state index in [1.165, 1.54) is 0 Å². The Hall–Kier alpha value is -3.08. The van der Waals surface area contributed by atoms with Gasteiger partial charge in [-0.15, -0.1) is 0 Å². The first-order valence-electron chi connectivity index (χ1n) is 8.16. The van der Waals surface area contributed by atoms with Crippen molar-refractivity contribution in [2.45, 2.75) is 19.5 Å². The highest BCUT2D eigenvalue weighted by atomic mass is 16.5. The Morgan fingerprint density at radius 1 is 1.20 bits per heavy atom. The molecular weight excluding hydrogens is 314 g/mol. The fraction of sp³-hybridized carbons (Fsp3) is 0.200. The van der Waals surface area contributed by atoms with Crippen LogP contribution in [0.1, 0.15) is 34.5 Å². The van der Waals surface area contributed by atoms with Gasteiger partial charge in [0.25, 0.3) is 5.91 Å². The number of methoxy groups -OCH3 is 1. The zero-order valence-electron chi connectivity index (χ0n) is 14.3. The van der Waals surface area contributed by atoms with E-state index in [1.807, 2.05) is 66.2 Å². The number of nitrogens with zero attached hydrogens (tertiary/aromatic N) is 2. The van der Waals surface area contributed by atoms with Crippen molar-refractivity contribution in [1.29, 1.82) is 0 Å². The Labute approximate surface area is 147 Å². The molecule has 0 aliphatic heterocycles. The number of carbonyl (C=O) groups excluding carboxylic acids is 1. The molecule has 0 aliphatic carbocycles. The molecule has 1 amide bonds. The van der Waals surface area contributed by atoms with Crippen LogP contribution in [0, 0.1) is 0 Å². The van der Waals surface area contributed by atoms with Crippen LogP contribution in [0.25, 0.3) is 0 Å². The Kier molecular flexibility index (Phi) is 5.14. The first-order chi connectivity index (χ1) is 12.2. The van der Waals surface area contributed by atoms with Crippen LogP contribution in [0.15, 0.2) is 67.3 Å². The van der Waals surface area contributed by atoms with Gasteiger partial charge in [-0.3, -0.25) is 4.79 Å². The highest BCUT2D eigenvalue weighted by molar-refractivity contribution is 5.94. The lowest BCUT2D eigenvalue weighted by atomic mass is 10.1. The SMILES string of the molecule is COc1ccccc1[C@H](C)NC(=O)c1ccc(Cn2ccnc2)cc1. The number of amides is 1. The monoisotopic (exact) mass is 335 g/mol. The third-order valence-corrected chi connectivity index (χ3v) is 4.09. The van der Waals surface area contributed by atoms with Crippen molar-refractivity contribution in [1.82, 2.24) is 14.9 Å². The second-order valence-corrected chi connectivity index (χ2v) is 5.87. The molecule has 0 unspecified atom stereocenters. The van der Waals surface area contributed by atoms with Crippen molar-refractivity contribution < 1.29 is 9.53 Å². The van der Waals surface area contributed by atoms with Crippen LogP contribution in [0.2, 0.25) is 0 Å². The van der Waals surface area contributed by atoms with Gasteiger partial charge in [-0.25, -0.2) is 4.98 Å². The van der Waals surface area contributed by atoms with Gasteiger partial charge in [0.05, 0.1) is 19.5 Å². The summed E-state index contributed by atoms with van der Waals surface area (Å²) in [5.41, 5.74) is 2.71. The molecule has 0 fully saturated rings. The van der Waals surface area contributed by atoms with Crippen LogP contribution in [-0.4, -0.2) is 22.6 Å². The highest BCUT2D eigenvalue weighted by Crippen LogP contribution is 2.24. The van der Waals surface area contributed by atoms with E-state index >= 15 is 0 Å². The van der Waals surface area contributed by atoms with E-state index in [0.29, 0.717) is 5.56 Å². The molecule has 128 valence electrons. The average molecular weight is 335 g/mol. The number of benzene rings is 2. The lowest BCUT2D eigenvalue weighted by Crippen LogP contribution is -2.26. The smallest absolute Gasteiger partial charge is 0.251 e. The van der Waals surface area contributed by atoms with E-state index < -0.39 is 0 Å². The first-order valence-corrected chi connectivity index (χ1v) is 8.16. The summed E-state index contributed by atoms with van der Waals surface area (Å²) in [6.45, 7) is 2.68. The normalized spacial score (nSPS) is 11.8. The molecule has 3 aromatic rings. The number of hydrogen-bond donors (Lipinski definition) is 1. The van der Waals surface area contributed by atoms with Crippen molar-refractivity contribution in [3.05, 3.63) is 83.9 Å². The third-order valence-electron chi connectivity index (χ3n) is 4.09. The number of imidazole rings is 1. The minimum atomic E-state index is -0.144. The van der Waals surface area contributed by atoms with Crippen molar-refractivity contribution in [2.24, 2.45) is 0 Å². The third kappa shape index (κ3) is 4.07. The predicted molar refractivity (Wildman–Crippen MR) is 96.6 cm³/mol. The summed E-state index contributed by atoms with van der Waals surface area (Å²) in [5.74, 6) is 0.665. The lowest BCUT2D eigenvalue weighted by Gasteiger charge is -2.17. The van der Waals surface area contributed by atoms with Crippen molar-refractivity contribution >= 4 is 5.91 Å². The number of nitrogens with one attached hydrogen (secondary N) is 1. The molecule has 0 spiro atoms. The Balaban J connectivity index is 1.66. The summed E-state index contributed by atoms with van der Waals surface area (Å²) in [7, 11) is 1.63. The molecule has 0 aliphatic rings. The minimum Gasteiger partial charge on any atom is -0.496 e. The van der Waals surface area contributed by atoms with Gasteiger partial charge in [0.2, 0.25) is 0 Å². The number of aromatic nitrogens is 2. The Morgan fingerprint density at radius 3 is 2.64 bits per heavy atom. The summed E-state index contributed by atoms with van der Waals surface area (Å²) in [6, 6.07) is 15.2. The Morgan fingerprint density at radius 2 is 1.96 bits per heavy atom. The molecular formula is C20H21N3O2. The van der Waals surface area contributed by atoms with E-state index in [0.717, 1.165) is 23.4 Å². The first kappa shape index (κ1) is 16.8. The fourth-order valence-electron chi connectivity index (χ4n) is 2.73. The summed E-state index contributed by atoms with van der Waals surface area (Å²) in [6.07, 6.45) is 5.44. The number of hydrogen-bond acceptors (Lipinski definition) is 3. The molecule has 3 rings (SSSR count). The van der Waals surface area contributed by atoms with Crippen LogP contribution < -0.4 is 10.1 Å². The van der Waals surface area contributed by atoms with Crippen molar-refractivity contribution in [3.8, 4) is 5.75 Å². The number of carbonyl (C=O) groups is 1. The molecule has 5 heteroatoms. The van der Waals surface area contributed by atoms with Gasteiger partial charge in [0.15, 0.2) is 0 Å². The van der Waals surface area contributed by atoms with Crippen LogP contribution in [-0.2, 0) is 6.54 Å². The largest absolute Gasteiger partial charge is 0.496 e. The molecule has 5 nitrogen and oxygen atoms in total.